The number of morpholine rings is 1. The molecule has 1 aliphatic rings. The molecule has 1 heterocycles. The summed E-state index contributed by atoms with van der Waals surface area (Å²) in [6, 6.07) is 8.18. The first-order valence-corrected chi connectivity index (χ1v) is 6.31. The summed E-state index contributed by atoms with van der Waals surface area (Å²) in [6.45, 7) is 6.23. The van der Waals surface area contributed by atoms with Crippen molar-refractivity contribution in [2.45, 2.75) is 19.4 Å². The van der Waals surface area contributed by atoms with Gasteiger partial charge >= 0.3 is 0 Å². The molecule has 17 heavy (non-hydrogen) atoms. The maximum atomic E-state index is 5.84. The maximum Gasteiger partial charge on any atom is 0.119 e. The highest BCUT2D eigenvalue weighted by Gasteiger charge is 2.21. The van der Waals surface area contributed by atoms with Gasteiger partial charge in [-0.1, -0.05) is 19.1 Å². The third kappa shape index (κ3) is 3.20. The summed E-state index contributed by atoms with van der Waals surface area (Å²) < 4.78 is 11.1. The summed E-state index contributed by atoms with van der Waals surface area (Å²) in [4.78, 5) is 2.47. The van der Waals surface area contributed by atoms with Crippen LogP contribution in [0, 0.1) is 0 Å². The molecule has 0 amide bonds. The van der Waals surface area contributed by atoms with E-state index < -0.39 is 0 Å². The van der Waals surface area contributed by atoms with Crippen LogP contribution in [-0.2, 0) is 4.74 Å². The second-order valence-electron chi connectivity index (χ2n) is 4.44. The summed E-state index contributed by atoms with van der Waals surface area (Å²) in [6.07, 6.45) is 1.38. The highest BCUT2D eigenvalue weighted by atomic mass is 16.5. The van der Waals surface area contributed by atoms with Gasteiger partial charge in [0.2, 0.25) is 0 Å². The van der Waals surface area contributed by atoms with Gasteiger partial charge in [0.25, 0.3) is 0 Å². The molecule has 1 aromatic carbocycles. The first kappa shape index (κ1) is 12.4. The highest BCUT2D eigenvalue weighted by Crippen LogP contribution is 2.25. The Bertz CT molecular complexity index is 352. The molecule has 0 aliphatic carbocycles. The average Bonchev–Trinajstić information content (AvgIpc) is 2.40. The van der Waals surface area contributed by atoms with Crippen molar-refractivity contribution in [2.75, 3.05) is 33.4 Å². The van der Waals surface area contributed by atoms with Gasteiger partial charge in [-0.3, -0.25) is 4.90 Å². The molecule has 94 valence electrons. The molecular weight excluding hydrogens is 214 g/mol. The predicted octanol–water partition coefficient (Wildman–Crippen LogP) is 2.48. The largest absolute Gasteiger partial charge is 0.497 e. The van der Waals surface area contributed by atoms with E-state index in [-0.39, 0.29) is 6.10 Å². The quantitative estimate of drug-likeness (QED) is 0.800. The molecule has 1 saturated heterocycles. The zero-order valence-corrected chi connectivity index (χ0v) is 10.7. The van der Waals surface area contributed by atoms with Crippen LogP contribution in [0.5, 0.6) is 5.75 Å². The van der Waals surface area contributed by atoms with Gasteiger partial charge < -0.3 is 9.47 Å². The lowest BCUT2D eigenvalue weighted by Gasteiger charge is -2.33. The molecule has 1 aliphatic heterocycles. The zero-order chi connectivity index (χ0) is 12.1. The molecule has 3 heteroatoms. The minimum absolute atomic E-state index is 0.186. The van der Waals surface area contributed by atoms with E-state index in [4.69, 9.17) is 9.47 Å². The number of nitrogens with zero attached hydrogens (tertiary/aromatic N) is 1. The van der Waals surface area contributed by atoms with Crippen molar-refractivity contribution in [1.82, 2.24) is 4.90 Å². The zero-order valence-electron chi connectivity index (χ0n) is 10.7. The van der Waals surface area contributed by atoms with Crippen molar-refractivity contribution in [2.24, 2.45) is 0 Å². The van der Waals surface area contributed by atoms with Gasteiger partial charge in [0, 0.05) is 13.1 Å². The van der Waals surface area contributed by atoms with Gasteiger partial charge in [-0.25, -0.2) is 0 Å². The number of rotatable bonds is 4. The van der Waals surface area contributed by atoms with Crippen molar-refractivity contribution in [3.8, 4) is 5.75 Å². The molecular formula is C14H21NO2. The summed E-state index contributed by atoms with van der Waals surface area (Å²) >= 11 is 0. The van der Waals surface area contributed by atoms with E-state index in [2.05, 4.69) is 24.0 Å². The molecule has 0 bridgehead atoms. The summed E-state index contributed by atoms with van der Waals surface area (Å²) in [5.74, 6) is 0.902. The SMILES string of the molecule is CCCN1CCO[C@@H](c2cccc(OC)c2)C1. The Kier molecular flexibility index (Phi) is 4.40. The van der Waals surface area contributed by atoms with Gasteiger partial charge in [0.1, 0.15) is 5.75 Å². The van der Waals surface area contributed by atoms with E-state index in [0.29, 0.717) is 0 Å². The van der Waals surface area contributed by atoms with Gasteiger partial charge in [0.15, 0.2) is 0 Å². The Morgan fingerprint density at radius 3 is 3.12 bits per heavy atom. The molecule has 0 radical (unpaired) electrons. The first-order valence-electron chi connectivity index (χ1n) is 6.31. The van der Waals surface area contributed by atoms with Crippen molar-refractivity contribution < 1.29 is 9.47 Å². The maximum absolute atomic E-state index is 5.84. The molecule has 2 rings (SSSR count). The molecule has 0 saturated carbocycles. The molecule has 3 nitrogen and oxygen atoms in total. The Morgan fingerprint density at radius 2 is 2.35 bits per heavy atom. The van der Waals surface area contributed by atoms with Gasteiger partial charge in [-0.2, -0.15) is 0 Å². The number of benzene rings is 1. The van der Waals surface area contributed by atoms with E-state index in [0.717, 1.165) is 32.0 Å². The fraction of sp³-hybridized carbons (Fsp3) is 0.571. The van der Waals surface area contributed by atoms with E-state index in [9.17, 15) is 0 Å². The van der Waals surface area contributed by atoms with E-state index in [1.54, 1.807) is 7.11 Å². The lowest BCUT2D eigenvalue weighted by molar-refractivity contribution is -0.0299. The van der Waals surface area contributed by atoms with E-state index >= 15 is 0 Å². The van der Waals surface area contributed by atoms with E-state index in [1.807, 2.05) is 12.1 Å². The van der Waals surface area contributed by atoms with Crippen LogP contribution < -0.4 is 4.74 Å². The lowest BCUT2D eigenvalue weighted by Crippen LogP contribution is -2.38. The number of hydrogen-bond acceptors (Lipinski definition) is 3. The van der Waals surface area contributed by atoms with Crippen molar-refractivity contribution in [3.05, 3.63) is 29.8 Å². The van der Waals surface area contributed by atoms with Crippen molar-refractivity contribution in [1.29, 1.82) is 0 Å². The Morgan fingerprint density at radius 1 is 1.47 bits per heavy atom. The second-order valence-corrected chi connectivity index (χ2v) is 4.44. The Hall–Kier alpha value is -1.06. The molecule has 1 aromatic rings. The minimum Gasteiger partial charge on any atom is -0.497 e. The number of methoxy groups -OCH3 is 1. The van der Waals surface area contributed by atoms with Crippen molar-refractivity contribution in [3.63, 3.8) is 0 Å². The third-order valence-electron chi connectivity index (χ3n) is 3.16. The lowest BCUT2D eigenvalue weighted by atomic mass is 10.1. The fourth-order valence-corrected chi connectivity index (χ4v) is 2.27. The standard InChI is InChI=1S/C14H21NO2/c1-3-7-15-8-9-17-14(11-15)12-5-4-6-13(10-12)16-2/h4-6,10,14H,3,7-9,11H2,1-2H3/t14-/m1/s1. The van der Waals surface area contributed by atoms with Crippen LogP contribution in [0.25, 0.3) is 0 Å². The van der Waals surface area contributed by atoms with E-state index in [1.165, 1.54) is 12.0 Å². The summed E-state index contributed by atoms with van der Waals surface area (Å²) in [7, 11) is 1.70. The fourth-order valence-electron chi connectivity index (χ4n) is 2.27. The van der Waals surface area contributed by atoms with Crippen LogP contribution in [0.2, 0.25) is 0 Å². The minimum atomic E-state index is 0.186. The van der Waals surface area contributed by atoms with Crippen LogP contribution in [0.3, 0.4) is 0 Å². The molecule has 0 N–H and O–H groups in total. The normalized spacial score (nSPS) is 21.4. The molecule has 1 fully saturated rings. The van der Waals surface area contributed by atoms with Crippen LogP contribution >= 0.6 is 0 Å². The molecule has 0 spiro atoms. The molecule has 1 atom stereocenters. The second kappa shape index (κ2) is 6.03. The highest BCUT2D eigenvalue weighted by molar-refractivity contribution is 5.30. The van der Waals surface area contributed by atoms with Crippen LogP contribution in [-0.4, -0.2) is 38.3 Å². The van der Waals surface area contributed by atoms with Crippen molar-refractivity contribution >= 4 is 0 Å². The molecule has 0 aromatic heterocycles. The first-order chi connectivity index (χ1) is 8.33. The summed E-state index contributed by atoms with van der Waals surface area (Å²) in [5.41, 5.74) is 1.21. The average molecular weight is 235 g/mol. The Balaban J connectivity index is 2.05. The number of ether oxygens (including phenoxy) is 2. The Labute approximate surface area is 103 Å². The van der Waals surface area contributed by atoms with Gasteiger partial charge in [-0.15, -0.1) is 0 Å². The molecule has 0 unspecified atom stereocenters. The topological polar surface area (TPSA) is 21.7 Å². The van der Waals surface area contributed by atoms with Gasteiger partial charge in [0.05, 0.1) is 19.8 Å². The van der Waals surface area contributed by atoms with Crippen LogP contribution in [0.1, 0.15) is 25.0 Å². The van der Waals surface area contributed by atoms with Crippen LogP contribution in [0.15, 0.2) is 24.3 Å². The monoisotopic (exact) mass is 235 g/mol. The summed E-state index contributed by atoms with van der Waals surface area (Å²) in [5, 5.41) is 0. The van der Waals surface area contributed by atoms with Crippen LogP contribution in [0.4, 0.5) is 0 Å². The van der Waals surface area contributed by atoms with Gasteiger partial charge in [-0.05, 0) is 30.7 Å². The predicted molar refractivity (Wildman–Crippen MR) is 68.4 cm³/mol. The third-order valence-corrected chi connectivity index (χ3v) is 3.16. The number of hydrogen-bond donors (Lipinski definition) is 0. The smallest absolute Gasteiger partial charge is 0.119 e.